The molecule has 0 radical (unpaired) electrons. The third kappa shape index (κ3) is 3.34. The van der Waals surface area contributed by atoms with Crippen LogP contribution in [0.15, 0.2) is 41.5 Å². The number of allylic oxidation sites excluding steroid dienone is 2. The molecule has 0 bridgehead atoms. The third-order valence-corrected chi connectivity index (χ3v) is 4.91. The molecule has 1 atom stereocenters. The van der Waals surface area contributed by atoms with Gasteiger partial charge in [-0.25, -0.2) is 0 Å². The molecule has 0 saturated carbocycles. The maximum absolute atomic E-state index is 13.0. The zero-order valence-electron chi connectivity index (χ0n) is 14.3. The molecule has 0 amide bonds. The quantitative estimate of drug-likeness (QED) is 0.833. The number of ketones is 3. The number of Topliss-reactive ketones (excluding diaryl/α,β-unsaturated/α-hetero) is 3. The fourth-order valence-corrected chi connectivity index (χ4v) is 3.24. The molecule has 0 heterocycles. The SMILES string of the molecule is CCC(=O)CC1C(=O)C(Cc2ccccc2)=C(C)C(=O)C1(C)C. The Hall–Kier alpha value is -2.03. The minimum Gasteiger partial charge on any atom is -0.300 e. The van der Waals surface area contributed by atoms with Crippen LogP contribution >= 0.6 is 0 Å². The summed E-state index contributed by atoms with van der Waals surface area (Å²) in [6, 6.07) is 9.66. The highest BCUT2D eigenvalue weighted by Crippen LogP contribution is 2.41. The summed E-state index contributed by atoms with van der Waals surface area (Å²) in [6.07, 6.45) is 0.995. The maximum atomic E-state index is 13.0. The molecule has 23 heavy (non-hydrogen) atoms. The van der Waals surface area contributed by atoms with E-state index in [9.17, 15) is 14.4 Å². The van der Waals surface area contributed by atoms with Crippen LogP contribution in [0.3, 0.4) is 0 Å². The zero-order valence-corrected chi connectivity index (χ0v) is 14.3. The maximum Gasteiger partial charge on any atom is 0.165 e. The van der Waals surface area contributed by atoms with Crippen molar-refractivity contribution in [2.24, 2.45) is 11.3 Å². The number of benzene rings is 1. The first kappa shape index (κ1) is 17.3. The predicted molar refractivity (Wildman–Crippen MR) is 90.0 cm³/mol. The van der Waals surface area contributed by atoms with Crippen molar-refractivity contribution in [1.82, 2.24) is 0 Å². The molecule has 0 spiro atoms. The third-order valence-electron chi connectivity index (χ3n) is 4.91. The van der Waals surface area contributed by atoms with Crippen molar-refractivity contribution in [1.29, 1.82) is 0 Å². The van der Waals surface area contributed by atoms with Crippen molar-refractivity contribution in [3.8, 4) is 0 Å². The highest BCUT2D eigenvalue weighted by atomic mass is 16.1. The first-order valence-corrected chi connectivity index (χ1v) is 8.13. The fourth-order valence-electron chi connectivity index (χ4n) is 3.24. The number of rotatable bonds is 5. The molecule has 0 saturated heterocycles. The van der Waals surface area contributed by atoms with E-state index in [2.05, 4.69) is 0 Å². The molecule has 1 aromatic rings. The van der Waals surface area contributed by atoms with Gasteiger partial charge in [-0.15, -0.1) is 0 Å². The molecule has 122 valence electrons. The molecule has 0 fully saturated rings. The van der Waals surface area contributed by atoms with Crippen molar-refractivity contribution >= 4 is 17.3 Å². The lowest BCUT2D eigenvalue weighted by atomic mass is 9.63. The highest BCUT2D eigenvalue weighted by Gasteiger charge is 2.47. The Kier molecular flexibility index (Phi) is 4.98. The molecule has 0 aromatic heterocycles. The van der Waals surface area contributed by atoms with Gasteiger partial charge in [-0.2, -0.15) is 0 Å². The molecule has 1 aliphatic rings. The van der Waals surface area contributed by atoms with Gasteiger partial charge in [-0.05, 0) is 18.1 Å². The molecule has 1 aliphatic carbocycles. The van der Waals surface area contributed by atoms with Gasteiger partial charge in [-0.1, -0.05) is 51.1 Å². The summed E-state index contributed by atoms with van der Waals surface area (Å²) in [7, 11) is 0. The van der Waals surface area contributed by atoms with E-state index >= 15 is 0 Å². The number of carbonyl (C=O) groups excluding carboxylic acids is 3. The summed E-state index contributed by atoms with van der Waals surface area (Å²) < 4.78 is 0. The molecule has 1 unspecified atom stereocenters. The summed E-state index contributed by atoms with van der Waals surface area (Å²) in [6.45, 7) is 7.09. The van der Waals surface area contributed by atoms with Gasteiger partial charge in [0.2, 0.25) is 0 Å². The molecule has 0 N–H and O–H groups in total. The van der Waals surface area contributed by atoms with Gasteiger partial charge in [0, 0.05) is 36.2 Å². The van der Waals surface area contributed by atoms with Gasteiger partial charge in [-0.3, -0.25) is 14.4 Å². The minimum absolute atomic E-state index is 0.0167. The van der Waals surface area contributed by atoms with Crippen LogP contribution in [-0.2, 0) is 20.8 Å². The van der Waals surface area contributed by atoms with Gasteiger partial charge >= 0.3 is 0 Å². The van der Waals surface area contributed by atoms with E-state index < -0.39 is 11.3 Å². The molecular weight excluding hydrogens is 288 g/mol. The number of hydrogen-bond acceptors (Lipinski definition) is 3. The summed E-state index contributed by atoms with van der Waals surface area (Å²) >= 11 is 0. The molecule has 0 aliphatic heterocycles. The second kappa shape index (κ2) is 6.61. The van der Waals surface area contributed by atoms with Gasteiger partial charge < -0.3 is 0 Å². The van der Waals surface area contributed by atoms with Crippen LogP contribution in [0.2, 0.25) is 0 Å². The van der Waals surface area contributed by atoms with Crippen molar-refractivity contribution in [3.63, 3.8) is 0 Å². The van der Waals surface area contributed by atoms with E-state index in [4.69, 9.17) is 0 Å². The summed E-state index contributed by atoms with van der Waals surface area (Å²) in [5.41, 5.74) is 1.30. The van der Waals surface area contributed by atoms with Gasteiger partial charge in [0.15, 0.2) is 11.6 Å². The van der Waals surface area contributed by atoms with Gasteiger partial charge in [0.1, 0.15) is 5.78 Å². The topological polar surface area (TPSA) is 51.2 Å². The van der Waals surface area contributed by atoms with Crippen molar-refractivity contribution < 1.29 is 14.4 Å². The number of hydrogen-bond donors (Lipinski definition) is 0. The second-order valence-corrected chi connectivity index (χ2v) is 6.83. The Labute approximate surface area is 137 Å². The van der Waals surface area contributed by atoms with Crippen molar-refractivity contribution in [3.05, 3.63) is 47.0 Å². The standard InChI is InChI=1S/C20H24O3/c1-5-15(21)12-17-18(22)16(11-14-9-7-6-8-10-14)13(2)19(23)20(17,3)4/h6-10,17H,5,11-12H2,1-4H3. The van der Waals surface area contributed by atoms with Crippen LogP contribution in [0.5, 0.6) is 0 Å². The minimum atomic E-state index is -0.813. The predicted octanol–water partition coefficient (Wildman–Crippen LogP) is 3.71. The van der Waals surface area contributed by atoms with Crippen LogP contribution < -0.4 is 0 Å². The smallest absolute Gasteiger partial charge is 0.165 e. The van der Waals surface area contributed by atoms with Crippen molar-refractivity contribution in [2.75, 3.05) is 0 Å². The molecule has 2 rings (SSSR count). The van der Waals surface area contributed by atoms with Crippen LogP contribution in [0, 0.1) is 11.3 Å². The molecule has 3 nitrogen and oxygen atoms in total. The van der Waals surface area contributed by atoms with E-state index in [1.165, 1.54) is 0 Å². The summed E-state index contributed by atoms with van der Waals surface area (Å²) in [4.78, 5) is 37.6. The van der Waals surface area contributed by atoms with Crippen molar-refractivity contribution in [2.45, 2.75) is 47.0 Å². The lowest BCUT2D eigenvalue weighted by Gasteiger charge is -2.37. The molecular formula is C20H24O3. The summed E-state index contributed by atoms with van der Waals surface area (Å²) in [5, 5.41) is 0. The van der Waals surface area contributed by atoms with Crippen LogP contribution in [-0.4, -0.2) is 17.3 Å². The Bertz CT molecular complexity index is 665. The van der Waals surface area contributed by atoms with Gasteiger partial charge in [0.05, 0.1) is 0 Å². The van der Waals surface area contributed by atoms with Gasteiger partial charge in [0.25, 0.3) is 0 Å². The monoisotopic (exact) mass is 312 g/mol. The lowest BCUT2D eigenvalue weighted by molar-refractivity contribution is -0.138. The Morgan fingerprint density at radius 3 is 2.30 bits per heavy atom. The van der Waals surface area contributed by atoms with Crippen LogP contribution in [0.25, 0.3) is 0 Å². The second-order valence-electron chi connectivity index (χ2n) is 6.83. The average molecular weight is 312 g/mol. The Balaban J connectivity index is 2.41. The number of carbonyl (C=O) groups is 3. The van der Waals surface area contributed by atoms with E-state index in [0.29, 0.717) is 24.0 Å². The van der Waals surface area contributed by atoms with E-state index in [1.807, 2.05) is 30.3 Å². The van der Waals surface area contributed by atoms with E-state index in [1.54, 1.807) is 27.7 Å². The molecule has 3 heteroatoms. The largest absolute Gasteiger partial charge is 0.300 e. The first-order valence-electron chi connectivity index (χ1n) is 8.13. The molecule has 1 aromatic carbocycles. The Morgan fingerprint density at radius 2 is 1.74 bits per heavy atom. The average Bonchev–Trinajstić information content (AvgIpc) is 2.55. The highest BCUT2D eigenvalue weighted by molar-refractivity contribution is 6.16. The van der Waals surface area contributed by atoms with E-state index in [0.717, 1.165) is 5.56 Å². The lowest BCUT2D eigenvalue weighted by Crippen LogP contribution is -2.45. The fraction of sp³-hybridized carbons (Fsp3) is 0.450. The first-order chi connectivity index (χ1) is 10.8. The van der Waals surface area contributed by atoms with Crippen LogP contribution in [0.4, 0.5) is 0 Å². The van der Waals surface area contributed by atoms with Crippen LogP contribution in [0.1, 0.15) is 46.1 Å². The van der Waals surface area contributed by atoms with E-state index in [-0.39, 0.29) is 23.8 Å². The zero-order chi connectivity index (χ0) is 17.2. The summed E-state index contributed by atoms with van der Waals surface area (Å²) in [5.74, 6) is -0.581. The Morgan fingerprint density at radius 1 is 1.13 bits per heavy atom. The normalized spacial score (nSPS) is 20.8.